The Hall–Kier alpha value is -4.52. The number of nitrogens with zero attached hydrogens (tertiary/aromatic N) is 2. The van der Waals surface area contributed by atoms with Gasteiger partial charge in [-0.05, 0) is 121 Å². The maximum absolute atomic E-state index is 12.1. The van der Waals surface area contributed by atoms with Crippen molar-refractivity contribution >= 4 is 23.7 Å². The standard InChI is InChI=1S/C18H23NO3.C17H19NO2/c1-13(8-7-11-19-21)14(2)15-9-6-10-16(12-15)17(20)22-18(3,4)5;1-12-7-6-10-18-15(12)13-8-5-9-14(11-13)16(19)20-17(2,3)4/h6-12,21H,1-5H3;5-11H,1-4H3/b8-7-,14-13+,19-11?;. The van der Waals surface area contributed by atoms with E-state index in [0.29, 0.717) is 11.1 Å². The number of pyridine rings is 1. The van der Waals surface area contributed by atoms with Crippen LogP contribution < -0.4 is 0 Å². The summed E-state index contributed by atoms with van der Waals surface area (Å²) in [7, 11) is 0. The maximum atomic E-state index is 12.1. The zero-order valence-electron chi connectivity index (χ0n) is 26.1. The Morgan fingerprint density at radius 2 is 1.36 bits per heavy atom. The van der Waals surface area contributed by atoms with Crippen molar-refractivity contribution in [1.82, 2.24) is 4.98 Å². The highest BCUT2D eigenvalue weighted by atomic mass is 16.6. The molecule has 0 unspecified atom stereocenters. The summed E-state index contributed by atoms with van der Waals surface area (Å²) in [5.74, 6) is -0.643. The van der Waals surface area contributed by atoms with Crippen molar-refractivity contribution in [3.8, 4) is 11.3 Å². The van der Waals surface area contributed by atoms with Crippen LogP contribution in [0, 0.1) is 6.92 Å². The van der Waals surface area contributed by atoms with Crippen molar-refractivity contribution in [3.63, 3.8) is 0 Å². The van der Waals surface area contributed by atoms with Gasteiger partial charge < -0.3 is 14.7 Å². The molecule has 0 saturated heterocycles. The lowest BCUT2D eigenvalue weighted by Gasteiger charge is -2.19. The summed E-state index contributed by atoms with van der Waals surface area (Å²) >= 11 is 0. The molecule has 1 N–H and O–H groups in total. The molecule has 7 heteroatoms. The summed E-state index contributed by atoms with van der Waals surface area (Å²) in [5.41, 5.74) is 5.95. The Balaban J connectivity index is 0.000000294. The molecule has 0 amide bonds. The van der Waals surface area contributed by atoms with Crippen molar-refractivity contribution in [3.05, 3.63) is 107 Å². The van der Waals surface area contributed by atoms with Gasteiger partial charge in [0.25, 0.3) is 0 Å². The van der Waals surface area contributed by atoms with Crippen LogP contribution in [0.1, 0.15) is 87.2 Å². The van der Waals surface area contributed by atoms with Crippen LogP contribution in [0.3, 0.4) is 0 Å². The zero-order chi connectivity index (χ0) is 31.5. The zero-order valence-corrected chi connectivity index (χ0v) is 26.1. The summed E-state index contributed by atoms with van der Waals surface area (Å²) in [6, 6.07) is 18.6. The number of hydrogen-bond acceptors (Lipinski definition) is 7. The van der Waals surface area contributed by atoms with E-state index in [9.17, 15) is 9.59 Å². The van der Waals surface area contributed by atoms with E-state index in [4.69, 9.17) is 14.7 Å². The molecule has 3 aromatic rings. The van der Waals surface area contributed by atoms with E-state index >= 15 is 0 Å². The van der Waals surface area contributed by atoms with Gasteiger partial charge in [-0.2, -0.15) is 0 Å². The number of esters is 2. The van der Waals surface area contributed by atoms with Crippen molar-refractivity contribution < 1.29 is 24.3 Å². The predicted molar refractivity (Wildman–Crippen MR) is 169 cm³/mol. The summed E-state index contributed by atoms with van der Waals surface area (Å²) < 4.78 is 10.8. The quantitative estimate of drug-likeness (QED) is 0.105. The Morgan fingerprint density at radius 1 is 0.810 bits per heavy atom. The lowest BCUT2D eigenvalue weighted by atomic mass is 10.00. The molecule has 2 aromatic carbocycles. The molecule has 0 atom stereocenters. The van der Waals surface area contributed by atoms with E-state index in [1.807, 2.05) is 117 Å². The molecule has 222 valence electrons. The summed E-state index contributed by atoms with van der Waals surface area (Å²) in [5, 5.41) is 11.3. The first kappa shape index (κ1) is 33.7. The Labute approximate surface area is 249 Å². The van der Waals surface area contributed by atoms with Gasteiger partial charge in [0.2, 0.25) is 0 Å². The normalized spacial score (nSPS) is 12.4. The minimum absolute atomic E-state index is 0.312. The second-order valence-electron chi connectivity index (χ2n) is 11.8. The molecular weight excluding hydrogens is 528 g/mol. The highest BCUT2D eigenvalue weighted by Gasteiger charge is 2.19. The fourth-order valence-corrected chi connectivity index (χ4v) is 3.71. The minimum atomic E-state index is -0.514. The van der Waals surface area contributed by atoms with Crippen molar-refractivity contribution in [2.45, 2.75) is 73.5 Å². The van der Waals surface area contributed by atoms with Crippen LogP contribution in [0.4, 0.5) is 0 Å². The molecule has 0 radical (unpaired) electrons. The molecule has 0 aliphatic carbocycles. The number of benzene rings is 2. The lowest BCUT2D eigenvalue weighted by Crippen LogP contribution is -2.23. The second kappa shape index (κ2) is 14.9. The van der Waals surface area contributed by atoms with Crippen LogP contribution in [-0.2, 0) is 9.47 Å². The van der Waals surface area contributed by atoms with Gasteiger partial charge >= 0.3 is 11.9 Å². The molecule has 42 heavy (non-hydrogen) atoms. The summed E-state index contributed by atoms with van der Waals surface area (Å²) in [4.78, 5) is 28.6. The van der Waals surface area contributed by atoms with Gasteiger partial charge in [0.05, 0.1) is 23.0 Å². The number of carbonyl (C=O) groups is 2. The van der Waals surface area contributed by atoms with E-state index in [1.54, 1.807) is 24.4 Å². The van der Waals surface area contributed by atoms with Gasteiger partial charge in [0.1, 0.15) is 11.2 Å². The van der Waals surface area contributed by atoms with Gasteiger partial charge in [-0.3, -0.25) is 4.98 Å². The number of allylic oxidation sites excluding steroid dienone is 4. The van der Waals surface area contributed by atoms with Gasteiger partial charge in [-0.25, -0.2) is 9.59 Å². The fourth-order valence-electron chi connectivity index (χ4n) is 3.71. The number of ether oxygens (including phenoxy) is 2. The van der Waals surface area contributed by atoms with E-state index in [2.05, 4.69) is 10.1 Å². The highest BCUT2D eigenvalue weighted by Crippen LogP contribution is 2.23. The van der Waals surface area contributed by atoms with Crippen LogP contribution in [0.2, 0.25) is 0 Å². The third-order valence-corrected chi connectivity index (χ3v) is 5.80. The third kappa shape index (κ3) is 11.2. The number of oxime groups is 1. The molecule has 1 aromatic heterocycles. The Bertz CT molecular complexity index is 1470. The molecule has 1 heterocycles. The van der Waals surface area contributed by atoms with Crippen LogP contribution in [0.25, 0.3) is 16.8 Å². The first-order chi connectivity index (χ1) is 19.6. The average Bonchev–Trinajstić information content (AvgIpc) is 2.91. The van der Waals surface area contributed by atoms with Gasteiger partial charge in [-0.15, -0.1) is 0 Å². The number of aryl methyl sites for hydroxylation is 1. The third-order valence-electron chi connectivity index (χ3n) is 5.80. The summed E-state index contributed by atoms with van der Waals surface area (Å²) in [6.45, 7) is 17.0. The first-order valence-electron chi connectivity index (χ1n) is 13.7. The highest BCUT2D eigenvalue weighted by molar-refractivity contribution is 5.92. The van der Waals surface area contributed by atoms with Crippen LogP contribution in [0.15, 0.2) is 89.7 Å². The Kier molecular flexibility index (Phi) is 12.0. The number of hydrogen-bond donors (Lipinski definition) is 1. The van der Waals surface area contributed by atoms with Crippen molar-refractivity contribution in [1.29, 1.82) is 0 Å². The first-order valence-corrected chi connectivity index (χ1v) is 13.7. The maximum Gasteiger partial charge on any atom is 0.338 e. The monoisotopic (exact) mass is 570 g/mol. The van der Waals surface area contributed by atoms with E-state index in [1.165, 1.54) is 6.21 Å². The minimum Gasteiger partial charge on any atom is -0.456 e. The molecule has 0 spiro atoms. The summed E-state index contributed by atoms with van der Waals surface area (Å²) in [6.07, 6.45) is 6.54. The predicted octanol–water partition coefficient (Wildman–Crippen LogP) is 8.46. The van der Waals surface area contributed by atoms with Crippen molar-refractivity contribution in [2.75, 3.05) is 0 Å². The van der Waals surface area contributed by atoms with Crippen LogP contribution in [-0.4, -0.2) is 39.5 Å². The Morgan fingerprint density at radius 3 is 1.90 bits per heavy atom. The van der Waals surface area contributed by atoms with Gasteiger partial charge in [0.15, 0.2) is 0 Å². The van der Waals surface area contributed by atoms with E-state index in [-0.39, 0.29) is 11.9 Å². The topological polar surface area (TPSA) is 98.1 Å². The van der Waals surface area contributed by atoms with Crippen molar-refractivity contribution in [2.24, 2.45) is 5.16 Å². The molecule has 0 fully saturated rings. The fraction of sp³-hybridized carbons (Fsp3) is 0.314. The molecular formula is C35H42N2O5. The molecule has 0 bridgehead atoms. The SMILES string of the molecule is CC(/C=C\C=NO)=C(/C)c1cccc(C(=O)OC(C)(C)C)c1.Cc1cccnc1-c1cccc(C(=O)OC(C)(C)C)c1. The van der Waals surface area contributed by atoms with Crippen LogP contribution in [0.5, 0.6) is 0 Å². The second-order valence-corrected chi connectivity index (χ2v) is 11.8. The number of rotatable bonds is 6. The van der Waals surface area contributed by atoms with Gasteiger partial charge in [0, 0.05) is 11.8 Å². The lowest BCUT2D eigenvalue weighted by molar-refractivity contribution is 0.00570. The van der Waals surface area contributed by atoms with Crippen LogP contribution >= 0.6 is 0 Å². The largest absolute Gasteiger partial charge is 0.456 e. The molecule has 7 nitrogen and oxygen atoms in total. The molecule has 0 aliphatic rings. The molecule has 0 aliphatic heterocycles. The number of carbonyl (C=O) groups excluding carboxylic acids is 2. The number of aromatic nitrogens is 1. The van der Waals surface area contributed by atoms with E-state index < -0.39 is 11.2 Å². The van der Waals surface area contributed by atoms with Gasteiger partial charge in [-0.1, -0.05) is 41.6 Å². The average molecular weight is 571 g/mol. The molecule has 0 saturated carbocycles. The van der Waals surface area contributed by atoms with E-state index in [0.717, 1.165) is 33.5 Å². The smallest absolute Gasteiger partial charge is 0.338 e. The molecule has 3 rings (SSSR count).